The summed E-state index contributed by atoms with van der Waals surface area (Å²) in [6.07, 6.45) is 0.653. The third kappa shape index (κ3) is 3.18. The van der Waals surface area contributed by atoms with Crippen molar-refractivity contribution in [2.75, 3.05) is 13.6 Å². The molecule has 84 valence electrons. The fourth-order valence-corrected chi connectivity index (χ4v) is 1.25. The van der Waals surface area contributed by atoms with Crippen LogP contribution < -0.4 is 5.32 Å². The van der Waals surface area contributed by atoms with E-state index in [4.69, 9.17) is 0 Å². The molecule has 0 aromatic heterocycles. The minimum Gasteiger partial charge on any atom is -0.319 e. The quantitative estimate of drug-likeness (QED) is 0.478. The molecule has 0 radical (unpaired) electrons. The van der Waals surface area contributed by atoms with Gasteiger partial charge in [-0.2, -0.15) is 0 Å². The maximum absolute atomic E-state index is 13.7. The zero-order valence-corrected chi connectivity index (χ0v) is 9.43. The van der Waals surface area contributed by atoms with Crippen molar-refractivity contribution in [3.05, 3.63) is 35.1 Å². The predicted octanol–water partition coefficient (Wildman–Crippen LogP) is 1.99. The molecule has 0 aliphatic rings. The third-order valence-electron chi connectivity index (χ3n) is 2.10. The van der Waals surface area contributed by atoms with Crippen LogP contribution in [-0.2, 0) is 0 Å². The van der Waals surface area contributed by atoms with Crippen molar-refractivity contribution in [1.29, 1.82) is 0 Å². The summed E-state index contributed by atoms with van der Waals surface area (Å²) in [6.45, 7) is 2.11. The average Bonchev–Trinajstić information content (AvgIpc) is 2.26. The van der Waals surface area contributed by atoms with Crippen LogP contribution in [0.25, 0.3) is 0 Å². The monoisotopic (exact) mass is 219 g/mol. The Balaban J connectivity index is 2.92. The first-order chi connectivity index (χ1) is 7.66. The number of hydrogen-bond donors (Lipinski definition) is 1. The largest absolute Gasteiger partial charge is 0.319 e. The summed E-state index contributed by atoms with van der Waals surface area (Å²) in [6, 6.07) is 4.69. The van der Waals surface area contributed by atoms with E-state index in [-0.39, 0.29) is 16.9 Å². The molecule has 0 fully saturated rings. The van der Waals surface area contributed by atoms with Crippen molar-refractivity contribution in [2.45, 2.75) is 13.3 Å². The predicted molar refractivity (Wildman–Crippen MR) is 61.8 cm³/mol. The Morgan fingerprint density at radius 2 is 2.25 bits per heavy atom. The van der Waals surface area contributed by atoms with E-state index in [2.05, 4.69) is 17.2 Å². The first-order valence-corrected chi connectivity index (χ1v) is 5.09. The van der Waals surface area contributed by atoms with E-state index in [0.29, 0.717) is 6.42 Å². The normalized spacial score (nSPS) is 9.44. The number of nitrogens with one attached hydrogen (secondary N) is 1. The van der Waals surface area contributed by atoms with Crippen LogP contribution in [0, 0.1) is 17.7 Å². The molecule has 3 heteroatoms. The highest BCUT2D eigenvalue weighted by Crippen LogP contribution is 2.12. The van der Waals surface area contributed by atoms with Crippen LogP contribution in [0.5, 0.6) is 0 Å². The van der Waals surface area contributed by atoms with Crippen LogP contribution in [0.1, 0.15) is 29.3 Å². The van der Waals surface area contributed by atoms with Crippen LogP contribution in [0.4, 0.5) is 4.39 Å². The number of Topliss-reactive ketones (excluding diaryl/α,β-unsaturated/α-hetero) is 1. The van der Waals surface area contributed by atoms with Gasteiger partial charge in [0.2, 0.25) is 0 Å². The molecule has 0 atom stereocenters. The van der Waals surface area contributed by atoms with E-state index in [1.165, 1.54) is 13.0 Å². The molecule has 0 spiro atoms. The lowest BCUT2D eigenvalue weighted by atomic mass is 10.1. The van der Waals surface area contributed by atoms with Gasteiger partial charge in [0.05, 0.1) is 11.1 Å². The van der Waals surface area contributed by atoms with E-state index in [1.807, 2.05) is 7.05 Å². The van der Waals surface area contributed by atoms with Crippen LogP contribution >= 0.6 is 0 Å². The van der Waals surface area contributed by atoms with E-state index in [1.54, 1.807) is 12.1 Å². The Hall–Kier alpha value is -1.66. The number of carbonyl (C=O) groups excluding carboxylic acids is 1. The van der Waals surface area contributed by atoms with Crippen molar-refractivity contribution in [3.63, 3.8) is 0 Å². The van der Waals surface area contributed by atoms with Crippen LogP contribution in [0.2, 0.25) is 0 Å². The average molecular weight is 219 g/mol. The van der Waals surface area contributed by atoms with Gasteiger partial charge in [0.25, 0.3) is 0 Å². The summed E-state index contributed by atoms with van der Waals surface area (Å²) in [7, 11) is 1.83. The zero-order valence-electron chi connectivity index (χ0n) is 9.43. The molecule has 0 saturated carbocycles. The van der Waals surface area contributed by atoms with E-state index >= 15 is 0 Å². The summed E-state index contributed by atoms with van der Waals surface area (Å²) in [5, 5.41) is 2.95. The van der Waals surface area contributed by atoms with Crippen molar-refractivity contribution in [3.8, 4) is 11.8 Å². The van der Waals surface area contributed by atoms with Gasteiger partial charge >= 0.3 is 0 Å². The number of halogens is 1. The fourth-order valence-electron chi connectivity index (χ4n) is 1.25. The molecule has 1 aromatic rings. The highest BCUT2D eigenvalue weighted by molar-refractivity contribution is 5.94. The molecule has 0 saturated heterocycles. The lowest BCUT2D eigenvalue weighted by Gasteiger charge is -1.99. The van der Waals surface area contributed by atoms with Gasteiger partial charge in [0.15, 0.2) is 5.78 Å². The summed E-state index contributed by atoms with van der Waals surface area (Å²) in [5.41, 5.74) is 0.379. The molecule has 1 rings (SSSR count). The molecule has 16 heavy (non-hydrogen) atoms. The van der Waals surface area contributed by atoms with Crippen LogP contribution in [0.15, 0.2) is 18.2 Å². The SMILES string of the molecule is CNCCC#Cc1cccc(C(C)=O)c1F. The molecule has 1 N–H and O–H groups in total. The standard InChI is InChI=1S/C13H14FNO/c1-10(16)12-8-5-7-11(13(12)14)6-3-4-9-15-2/h5,7-8,15H,4,9H2,1-2H3. The van der Waals surface area contributed by atoms with Crippen molar-refractivity contribution in [1.82, 2.24) is 5.32 Å². The maximum Gasteiger partial charge on any atom is 0.162 e. The van der Waals surface area contributed by atoms with Gasteiger partial charge in [-0.25, -0.2) is 4.39 Å². The minimum absolute atomic E-state index is 0.0976. The van der Waals surface area contributed by atoms with Gasteiger partial charge in [-0.1, -0.05) is 17.9 Å². The molecule has 0 unspecified atom stereocenters. The van der Waals surface area contributed by atoms with Crippen molar-refractivity contribution < 1.29 is 9.18 Å². The molecule has 2 nitrogen and oxygen atoms in total. The Bertz CT molecular complexity index is 443. The van der Waals surface area contributed by atoms with Gasteiger partial charge in [-0.15, -0.1) is 0 Å². The lowest BCUT2D eigenvalue weighted by molar-refractivity contribution is 0.101. The Kier molecular flexibility index (Phi) is 4.68. The second kappa shape index (κ2) is 6.04. The van der Waals surface area contributed by atoms with Gasteiger partial charge in [-0.3, -0.25) is 4.79 Å². The molecule has 1 aromatic carbocycles. The van der Waals surface area contributed by atoms with E-state index in [0.717, 1.165) is 6.54 Å². The number of benzene rings is 1. The second-order valence-electron chi connectivity index (χ2n) is 3.38. The van der Waals surface area contributed by atoms with E-state index < -0.39 is 5.82 Å². The first kappa shape index (κ1) is 12.4. The molecule has 0 aliphatic carbocycles. The molecule has 0 aliphatic heterocycles. The third-order valence-corrected chi connectivity index (χ3v) is 2.10. The van der Waals surface area contributed by atoms with Crippen molar-refractivity contribution in [2.24, 2.45) is 0 Å². The van der Waals surface area contributed by atoms with Crippen LogP contribution in [0.3, 0.4) is 0 Å². The summed E-state index contributed by atoms with van der Waals surface area (Å²) in [4.78, 5) is 11.1. The number of hydrogen-bond acceptors (Lipinski definition) is 2. The molecule has 0 heterocycles. The van der Waals surface area contributed by atoms with Gasteiger partial charge in [-0.05, 0) is 26.1 Å². The topological polar surface area (TPSA) is 29.1 Å². The summed E-state index contributed by atoms with van der Waals surface area (Å²) < 4.78 is 13.7. The molecule has 0 amide bonds. The van der Waals surface area contributed by atoms with Gasteiger partial charge in [0, 0.05) is 13.0 Å². The highest BCUT2D eigenvalue weighted by atomic mass is 19.1. The number of carbonyl (C=O) groups is 1. The molecular weight excluding hydrogens is 205 g/mol. The fraction of sp³-hybridized carbons (Fsp3) is 0.308. The lowest BCUT2D eigenvalue weighted by Crippen LogP contribution is -2.06. The number of ketones is 1. The number of rotatable bonds is 3. The van der Waals surface area contributed by atoms with E-state index in [9.17, 15) is 9.18 Å². The molecular formula is C13H14FNO. The Morgan fingerprint density at radius 1 is 1.50 bits per heavy atom. The zero-order chi connectivity index (χ0) is 12.0. The van der Waals surface area contributed by atoms with Gasteiger partial charge < -0.3 is 5.32 Å². The Labute approximate surface area is 94.9 Å². The van der Waals surface area contributed by atoms with Crippen LogP contribution in [-0.4, -0.2) is 19.4 Å². The maximum atomic E-state index is 13.7. The first-order valence-electron chi connectivity index (χ1n) is 5.09. The summed E-state index contributed by atoms with van der Waals surface area (Å²) in [5.74, 6) is 4.77. The minimum atomic E-state index is -0.521. The smallest absolute Gasteiger partial charge is 0.162 e. The highest BCUT2D eigenvalue weighted by Gasteiger charge is 2.09. The molecule has 0 bridgehead atoms. The Morgan fingerprint density at radius 3 is 2.88 bits per heavy atom. The van der Waals surface area contributed by atoms with Gasteiger partial charge in [0.1, 0.15) is 5.82 Å². The second-order valence-corrected chi connectivity index (χ2v) is 3.38. The summed E-state index contributed by atoms with van der Waals surface area (Å²) >= 11 is 0. The van der Waals surface area contributed by atoms with Crippen molar-refractivity contribution >= 4 is 5.78 Å².